The molecule has 5 rings (SSSR count). The van der Waals surface area contributed by atoms with E-state index < -0.39 is 29.0 Å². The molecule has 8 nitrogen and oxygen atoms in total. The van der Waals surface area contributed by atoms with Gasteiger partial charge in [-0.15, -0.1) is 0 Å². The Labute approximate surface area is 246 Å². The standard InChI is InChI=1S/C31H30F4N6O2/c1-36-28-15-19(10-13-37-28)23-5-4-12-38-30(23)43-22-7-8-25(32)24(17-22)29(42)39-26-16-20(31(33,34)35)6-9-27(26)41-14-11-21(18-41)40(2)3/h4-10,12-13,15-17,21H,11,14,18H2,1-3H3,(H,36,37)(H,39,42)/t21-/m1/s1. The lowest BCUT2D eigenvalue weighted by Crippen LogP contribution is -2.31. The van der Waals surface area contributed by atoms with Crippen molar-refractivity contribution >= 4 is 23.1 Å². The van der Waals surface area contributed by atoms with Gasteiger partial charge in [-0.05, 0) is 86.7 Å². The fourth-order valence-corrected chi connectivity index (χ4v) is 4.94. The largest absolute Gasteiger partial charge is 0.438 e. The van der Waals surface area contributed by atoms with Crippen LogP contribution in [-0.2, 0) is 6.18 Å². The number of benzene rings is 2. The highest BCUT2D eigenvalue weighted by molar-refractivity contribution is 6.06. The Morgan fingerprint density at radius 2 is 1.86 bits per heavy atom. The lowest BCUT2D eigenvalue weighted by molar-refractivity contribution is -0.137. The first-order valence-electron chi connectivity index (χ1n) is 13.5. The second kappa shape index (κ2) is 12.3. The summed E-state index contributed by atoms with van der Waals surface area (Å²) in [5, 5.41) is 5.49. The molecule has 1 fully saturated rings. The maximum absolute atomic E-state index is 15.0. The number of rotatable bonds is 8. The van der Waals surface area contributed by atoms with Crippen LogP contribution < -0.4 is 20.3 Å². The van der Waals surface area contributed by atoms with Crippen LogP contribution in [0.25, 0.3) is 11.1 Å². The second-order valence-electron chi connectivity index (χ2n) is 10.3. The van der Waals surface area contributed by atoms with E-state index in [2.05, 4.69) is 20.6 Å². The van der Waals surface area contributed by atoms with E-state index in [1.54, 1.807) is 37.5 Å². The molecule has 1 atom stereocenters. The van der Waals surface area contributed by atoms with E-state index in [4.69, 9.17) is 4.74 Å². The zero-order valence-electron chi connectivity index (χ0n) is 23.7. The van der Waals surface area contributed by atoms with E-state index in [0.29, 0.717) is 30.2 Å². The molecule has 1 saturated heterocycles. The zero-order valence-corrected chi connectivity index (χ0v) is 23.7. The summed E-state index contributed by atoms with van der Waals surface area (Å²) in [7, 11) is 5.62. The molecule has 0 saturated carbocycles. The van der Waals surface area contributed by atoms with E-state index >= 15 is 0 Å². The van der Waals surface area contributed by atoms with E-state index in [-0.39, 0.29) is 23.4 Å². The lowest BCUT2D eigenvalue weighted by Gasteiger charge is -2.25. The molecule has 0 bridgehead atoms. The van der Waals surface area contributed by atoms with Crippen LogP contribution in [-0.4, -0.2) is 61.0 Å². The number of aromatic nitrogens is 2. The quantitative estimate of drug-likeness (QED) is 0.225. The van der Waals surface area contributed by atoms with Crippen LogP contribution >= 0.6 is 0 Å². The minimum Gasteiger partial charge on any atom is -0.438 e. The average Bonchev–Trinajstić information content (AvgIpc) is 3.48. The fraction of sp³-hybridized carbons (Fsp3) is 0.258. The van der Waals surface area contributed by atoms with Gasteiger partial charge >= 0.3 is 6.18 Å². The number of pyridine rings is 2. The predicted molar refractivity (Wildman–Crippen MR) is 157 cm³/mol. The van der Waals surface area contributed by atoms with Crippen LogP contribution in [0, 0.1) is 5.82 Å². The van der Waals surface area contributed by atoms with Gasteiger partial charge in [0.05, 0.1) is 22.5 Å². The molecule has 2 aromatic heterocycles. The van der Waals surface area contributed by atoms with Gasteiger partial charge < -0.3 is 25.2 Å². The number of anilines is 3. The van der Waals surface area contributed by atoms with Crippen LogP contribution in [0.15, 0.2) is 73.1 Å². The van der Waals surface area contributed by atoms with Crippen molar-refractivity contribution in [2.75, 3.05) is 49.8 Å². The Bertz CT molecular complexity index is 1630. The number of carbonyl (C=O) groups excluding carboxylic acids is 1. The maximum atomic E-state index is 15.0. The molecule has 43 heavy (non-hydrogen) atoms. The first kappa shape index (κ1) is 29.8. The number of ether oxygens (including phenoxy) is 1. The molecule has 224 valence electrons. The van der Waals surface area contributed by atoms with Crippen molar-refractivity contribution in [1.29, 1.82) is 0 Å². The number of likely N-dealkylation sites (N-methyl/N-ethyl adjacent to an activating group) is 1. The normalized spacial score (nSPS) is 15.1. The smallest absolute Gasteiger partial charge is 0.416 e. The molecule has 0 unspecified atom stereocenters. The number of alkyl halides is 3. The Hall–Kier alpha value is -4.71. The summed E-state index contributed by atoms with van der Waals surface area (Å²) >= 11 is 0. The summed E-state index contributed by atoms with van der Waals surface area (Å²) in [4.78, 5) is 25.8. The SMILES string of the molecule is CNc1cc(-c2cccnc2Oc2ccc(F)c(C(=O)Nc3cc(C(F)(F)F)ccc3N3CC[C@@H](N(C)C)C3)c2)ccn1. The fourth-order valence-electron chi connectivity index (χ4n) is 4.94. The summed E-state index contributed by atoms with van der Waals surface area (Å²) in [6.45, 7) is 1.16. The van der Waals surface area contributed by atoms with E-state index in [1.165, 1.54) is 24.4 Å². The Kier molecular flexibility index (Phi) is 8.49. The van der Waals surface area contributed by atoms with Gasteiger partial charge in [-0.3, -0.25) is 4.79 Å². The van der Waals surface area contributed by atoms with Gasteiger partial charge in [-0.1, -0.05) is 0 Å². The summed E-state index contributed by atoms with van der Waals surface area (Å²) in [6.07, 6.45) is -0.661. The maximum Gasteiger partial charge on any atom is 0.416 e. The van der Waals surface area contributed by atoms with Crippen molar-refractivity contribution in [3.05, 3.63) is 90.0 Å². The first-order chi connectivity index (χ1) is 20.5. The van der Waals surface area contributed by atoms with Gasteiger partial charge in [0.2, 0.25) is 5.88 Å². The Morgan fingerprint density at radius 3 is 2.58 bits per heavy atom. The minimum absolute atomic E-state index is 0.0602. The minimum atomic E-state index is -4.63. The van der Waals surface area contributed by atoms with Crippen molar-refractivity contribution < 1.29 is 27.1 Å². The van der Waals surface area contributed by atoms with Crippen LogP contribution in [0.2, 0.25) is 0 Å². The van der Waals surface area contributed by atoms with Gasteiger partial charge in [-0.25, -0.2) is 14.4 Å². The summed E-state index contributed by atoms with van der Waals surface area (Å²) in [6, 6.07) is 14.1. The van der Waals surface area contributed by atoms with Crippen molar-refractivity contribution in [1.82, 2.24) is 14.9 Å². The molecule has 4 aromatic rings. The first-order valence-corrected chi connectivity index (χ1v) is 13.5. The molecule has 2 aromatic carbocycles. The van der Waals surface area contributed by atoms with Gasteiger partial charge in [0.25, 0.3) is 5.91 Å². The monoisotopic (exact) mass is 594 g/mol. The Morgan fingerprint density at radius 1 is 1.05 bits per heavy atom. The van der Waals surface area contributed by atoms with Crippen LogP contribution in [0.4, 0.5) is 34.8 Å². The summed E-state index contributed by atoms with van der Waals surface area (Å²) in [5.41, 5.74) is 0.440. The lowest BCUT2D eigenvalue weighted by atomic mass is 10.1. The highest BCUT2D eigenvalue weighted by Gasteiger charge is 2.33. The van der Waals surface area contributed by atoms with E-state index in [9.17, 15) is 22.4 Å². The Balaban J connectivity index is 1.44. The van der Waals surface area contributed by atoms with E-state index in [1.807, 2.05) is 23.9 Å². The van der Waals surface area contributed by atoms with E-state index in [0.717, 1.165) is 30.2 Å². The number of nitrogens with zero attached hydrogens (tertiary/aromatic N) is 4. The molecular formula is C31H30F4N6O2. The predicted octanol–water partition coefficient (Wildman–Crippen LogP) is 6.53. The van der Waals surface area contributed by atoms with Crippen LogP contribution in [0.1, 0.15) is 22.3 Å². The highest BCUT2D eigenvalue weighted by atomic mass is 19.4. The molecule has 3 heterocycles. The van der Waals surface area contributed by atoms with Crippen molar-refractivity contribution in [3.63, 3.8) is 0 Å². The molecule has 0 aliphatic carbocycles. The number of carbonyl (C=O) groups is 1. The van der Waals surface area contributed by atoms with Gasteiger partial charge in [0.15, 0.2) is 0 Å². The molecule has 1 aliphatic rings. The third kappa shape index (κ3) is 6.69. The molecular weight excluding hydrogens is 564 g/mol. The third-order valence-corrected chi connectivity index (χ3v) is 7.30. The zero-order chi connectivity index (χ0) is 30.7. The van der Waals surface area contributed by atoms with Crippen LogP contribution in [0.3, 0.4) is 0 Å². The number of hydrogen-bond acceptors (Lipinski definition) is 7. The third-order valence-electron chi connectivity index (χ3n) is 7.30. The van der Waals surface area contributed by atoms with Gasteiger partial charge in [0.1, 0.15) is 17.4 Å². The van der Waals surface area contributed by atoms with Crippen LogP contribution in [0.5, 0.6) is 11.6 Å². The molecule has 2 N–H and O–H groups in total. The number of amides is 1. The van der Waals surface area contributed by atoms with Gasteiger partial charge in [0, 0.05) is 44.1 Å². The second-order valence-corrected chi connectivity index (χ2v) is 10.3. The molecule has 1 aliphatic heterocycles. The topological polar surface area (TPSA) is 82.6 Å². The molecule has 0 spiro atoms. The van der Waals surface area contributed by atoms with Gasteiger partial charge in [-0.2, -0.15) is 13.2 Å². The summed E-state index contributed by atoms with van der Waals surface area (Å²) < 4.78 is 61.7. The molecule has 0 radical (unpaired) electrons. The highest BCUT2D eigenvalue weighted by Crippen LogP contribution is 2.38. The summed E-state index contributed by atoms with van der Waals surface area (Å²) in [5.74, 6) is -0.819. The number of hydrogen-bond donors (Lipinski definition) is 2. The molecule has 1 amide bonds. The van der Waals surface area contributed by atoms with Crippen molar-refractivity contribution in [2.24, 2.45) is 0 Å². The number of nitrogens with one attached hydrogen (secondary N) is 2. The van der Waals surface area contributed by atoms with Crippen molar-refractivity contribution in [3.8, 4) is 22.8 Å². The average molecular weight is 595 g/mol. The van der Waals surface area contributed by atoms with Crippen molar-refractivity contribution in [2.45, 2.75) is 18.6 Å². The number of halogens is 4. The molecule has 12 heteroatoms.